The molecular weight excluding hydrogens is 360 g/mol. The van der Waals surface area contributed by atoms with Gasteiger partial charge in [-0.15, -0.1) is 5.10 Å². The number of aromatic nitrogens is 1. The Balaban J connectivity index is 1.96. The van der Waals surface area contributed by atoms with E-state index >= 15 is 0 Å². The molecule has 0 bridgehead atoms. The summed E-state index contributed by atoms with van der Waals surface area (Å²) in [4.78, 5) is 9.24. The minimum atomic E-state index is 0.158. The molecule has 0 fully saturated rings. The molecule has 0 saturated heterocycles. The van der Waals surface area contributed by atoms with Crippen molar-refractivity contribution >= 4 is 11.5 Å². The summed E-state index contributed by atoms with van der Waals surface area (Å²) in [5.41, 5.74) is 8.33. The van der Waals surface area contributed by atoms with Crippen LogP contribution in [0.4, 0.5) is 0 Å². The maximum atomic E-state index is 5.25. The number of rotatable bonds is 4. The van der Waals surface area contributed by atoms with Gasteiger partial charge in [-0.2, -0.15) is 5.90 Å². The van der Waals surface area contributed by atoms with Crippen LogP contribution in [0.3, 0.4) is 0 Å². The van der Waals surface area contributed by atoms with Gasteiger partial charge in [-0.25, -0.2) is 0 Å². The van der Waals surface area contributed by atoms with Crippen LogP contribution in [0.15, 0.2) is 42.1 Å². The lowest BCUT2D eigenvalue weighted by Gasteiger charge is -2.42. The van der Waals surface area contributed by atoms with Crippen LogP contribution in [-0.2, 0) is 22.1 Å². The molecule has 1 heterocycles. The highest BCUT2D eigenvalue weighted by Gasteiger charge is 2.37. The van der Waals surface area contributed by atoms with Crippen LogP contribution in [0.25, 0.3) is 5.57 Å². The number of hydrazone groups is 1. The van der Waals surface area contributed by atoms with E-state index < -0.39 is 0 Å². The highest BCUT2D eigenvalue weighted by Crippen LogP contribution is 2.47. The van der Waals surface area contributed by atoms with Gasteiger partial charge in [0.05, 0.1) is 12.1 Å². The number of hydrogen-bond donors (Lipinski definition) is 2. The summed E-state index contributed by atoms with van der Waals surface area (Å²) in [6.45, 7) is 15.9. The third kappa shape index (κ3) is 4.06. The fourth-order valence-electron chi connectivity index (χ4n) is 4.19. The number of nitrogens with zero attached hydrogens (tertiary/aromatic N) is 2. The van der Waals surface area contributed by atoms with Gasteiger partial charge in [0, 0.05) is 11.8 Å². The van der Waals surface area contributed by atoms with Crippen LogP contribution in [0, 0.1) is 6.92 Å². The van der Waals surface area contributed by atoms with Crippen LogP contribution < -0.4 is 11.7 Å². The summed E-state index contributed by atoms with van der Waals surface area (Å²) in [6, 6.07) is 8.63. The lowest BCUT2D eigenvalue weighted by molar-refractivity contribution is 0.312. The number of fused-ring (bicyclic) bond motifs is 1. The molecule has 0 atom stereocenters. The van der Waals surface area contributed by atoms with Gasteiger partial charge in [0.2, 0.25) is 5.90 Å². The Morgan fingerprint density at radius 1 is 1.14 bits per heavy atom. The zero-order valence-corrected chi connectivity index (χ0v) is 18.2. The topological polar surface area (TPSA) is 86.5 Å². The van der Waals surface area contributed by atoms with Gasteiger partial charge in [-0.1, -0.05) is 46.4 Å². The second-order valence-electron chi connectivity index (χ2n) is 9.33. The van der Waals surface area contributed by atoms with Crippen LogP contribution in [0.1, 0.15) is 74.0 Å². The van der Waals surface area contributed by atoms with Gasteiger partial charge in [0.15, 0.2) is 0 Å². The molecule has 0 spiro atoms. The molecule has 0 unspecified atom stereocenters. The normalized spacial score (nSPS) is 17.5. The Kier molecular flexibility index (Phi) is 5.54. The first kappa shape index (κ1) is 21.1. The minimum absolute atomic E-state index is 0.158. The molecule has 3 rings (SSSR count). The number of aryl methyl sites for hydroxylation is 1. The van der Waals surface area contributed by atoms with Gasteiger partial charge in [-0.3, -0.25) is 4.98 Å². The number of benzene rings is 1. The second-order valence-corrected chi connectivity index (χ2v) is 9.33. The minimum Gasteiger partial charge on any atom is -0.394 e. The van der Waals surface area contributed by atoms with Crippen LogP contribution in [-0.4, -0.2) is 10.9 Å². The Hall–Kier alpha value is -2.66. The number of nitrogens with two attached hydrogens (primary N) is 2. The van der Waals surface area contributed by atoms with E-state index in [1.54, 1.807) is 6.20 Å². The van der Waals surface area contributed by atoms with Crippen molar-refractivity contribution in [3.63, 3.8) is 0 Å². The van der Waals surface area contributed by atoms with Crippen molar-refractivity contribution in [2.75, 3.05) is 0 Å². The molecule has 4 N–H and O–H groups in total. The molecule has 1 aromatic carbocycles. The molecule has 29 heavy (non-hydrogen) atoms. The third-order valence-corrected chi connectivity index (χ3v) is 6.29. The van der Waals surface area contributed by atoms with Crippen molar-refractivity contribution in [3.05, 3.63) is 70.6 Å². The molecule has 5 heteroatoms. The third-order valence-electron chi connectivity index (χ3n) is 6.29. The van der Waals surface area contributed by atoms with Crippen molar-refractivity contribution in [3.8, 4) is 0 Å². The zero-order chi connectivity index (χ0) is 21.4. The lowest BCUT2D eigenvalue weighted by Crippen LogP contribution is -2.34. The average Bonchev–Trinajstić information content (AvgIpc) is 2.69. The van der Waals surface area contributed by atoms with Crippen molar-refractivity contribution in [1.29, 1.82) is 0 Å². The van der Waals surface area contributed by atoms with E-state index in [4.69, 9.17) is 11.7 Å². The molecule has 5 nitrogen and oxygen atoms in total. The molecule has 0 aliphatic heterocycles. The van der Waals surface area contributed by atoms with Crippen molar-refractivity contribution in [2.24, 2.45) is 16.8 Å². The van der Waals surface area contributed by atoms with Gasteiger partial charge in [0.25, 0.3) is 0 Å². The van der Waals surface area contributed by atoms with Crippen molar-refractivity contribution in [2.45, 2.75) is 64.7 Å². The molecule has 1 aliphatic carbocycles. The largest absolute Gasteiger partial charge is 0.394 e. The molecular formula is C24H32N4O. The first-order valence-electron chi connectivity index (χ1n) is 10.0. The van der Waals surface area contributed by atoms with Gasteiger partial charge in [0.1, 0.15) is 0 Å². The van der Waals surface area contributed by atoms with E-state index in [2.05, 4.69) is 68.3 Å². The highest BCUT2D eigenvalue weighted by atomic mass is 16.6. The first-order chi connectivity index (χ1) is 13.6. The fraction of sp³-hybridized carbons (Fsp3) is 0.417. The van der Waals surface area contributed by atoms with Crippen molar-refractivity contribution in [1.82, 2.24) is 4.98 Å². The van der Waals surface area contributed by atoms with Crippen LogP contribution in [0.5, 0.6) is 0 Å². The zero-order valence-electron chi connectivity index (χ0n) is 18.2. The van der Waals surface area contributed by atoms with Crippen LogP contribution >= 0.6 is 0 Å². The van der Waals surface area contributed by atoms with Crippen LogP contribution in [0.2, 0.25) is 0 Å². The Labute approximate surface area is 173 Å². The molecule has 0 radical (unpaired) electrons. The smallest absolute Gasteiger partial charge is 0.234 e. The molecule has 154 valence electrons. The predicted octanol–water partition coefficient (Wildman–Crippen LogP) is 4.51. The predicted molar refractivity (Wildman–Crippen MR) is 119 cm³/mol. The summed E-state index contributed by atoms with van der Waals surface area (Å²) in [7, 11) is 0. The fourth-order valence-corrected chi connectivity index (χ4v) is 4.19. The summed E-state index contributed by atoms with van der Waals surface area (Å²) in [5.74, 6) is 10.7. The standard InChI is InChI=1S/C24H32N4O/c1-15-11-19-20(24(5,6)10-9-23(19,3)4)13-18(15)16(2)21-8-7-17(14-27-21)12-22(28-25)29-26/h7-8,11,13-14H,2,9-10,12,25-26H2,1,3-6H3/b28-22-. The molecule has 2 aromatic rings. The monoisotopic (exact) mass is 392 g/mol. The number of pyridine rings is 1. The Morgan fingerprint density at radius 3 is 2.28 bits per heavy atom. The average molecular weight is 393 g/mol. The van der Waals surface area contributed by atoms with E-state index in [1.807, 2.05) is 12.1 Å². The maximum Gasteiger partial charge on any atom is 0.234 e. The quantitative estimate of drug-likeness (QED) is 0.347. The van der Waals surface area contributed by atoms with Crippen molar-refractivity contribution < 1.29 is 4.84 Å². The van der Waals surface area contributed by atoms with Gasteiger partial charge in [-0.05, 0) is 70.5 Å². The molecule has 0 amide bonds. The summed E-state index contributed by atoms with van der Waals surface area (Å²) < 4.78 is 0. The second kappa shape index (κ2) is 7.64. The van der Waals surface area contributed by atoms with E-state index in [0.29, 0.717) is 6.42 Å². The van der Waals surface area contributed by atoms with E-state index in [9.17, 15) is 0 Å². The summed E-state index contributed by atoms with van der Waals surface area (Å²) in [6.07, 6.45) is 4.57. The lowest BCUT2D eigenvalue weighted by atomic mass is 9.62. The van der Waals surface area contributed by atoms with Gasteiger partial charge < -0.3 is 10.7 Å². The maximum absolute atomic E-state index is 5.25. The SMILES string of the molecule is C=C(c1ccc(C/C(=N/N)ON)cn1)c1cc2c(cc1C)C(C)(C)CCC2(C)C. The van der Waals surface area contributed by atoms with E-state index in [-0.39, 0.29) is 16.7 Å². The Bertz CT molecular complexity index is 956. The van der Waals surface area contributed by atoms with Gasteiger partial charge >= 0.3 is 0 Å². The molecule has 1 aromatic heterocycles. The molecule has 1 aliphatic rings. The van der Waals surface area contributed by atoms with E-state index in [0.717, 1.165) is 22.4 Å². The number of hydrogen-bond acceptors (Lipinski definition) is 5. The van der Waals surface area contributed by atoms with E-state index in [1.165, 1.54) is 29.5 Å². The Morgan fingerprint density at radius 2 is 1.76 bits per heavy atom. The first-order valence-corrected chi connectivity index (χ1v) is 10.0. The summed E-state index contributed by atoms with van der Waals surface area (Å²) >= 11 is 0. The molecule has 0 saturated carbocycles. The highest BCUT2D eigenvalue weighted by molar-refractivity contribution is 5.80. The summed E-state index contributed by atoms with van der Waals surface area (Å²) in [5, 5.41) is 3.51.